The van der Waals surface area contributed by atoms with Crippen LogP contribution in [0, 0.1) is 5.92 Å². The first-order chi connectivity index (χ1) is 15.5. The van der Waals surface area contributed by atoms with Gasteiger partial charge in [-0.15, -0.1) is 5.10 Å². The average Bonchev–Trinajstić information content (AvgIpc) is 3.20. The quantitative estimate of drug-likeness (QED) is 0.268. The molecule has 1 saturated heterocycles. The van der Waals surface area contributed by atoms with Crippen LogP contribution in [0.25, 0.3) is 0 Å². The molecule has 4 N–H and O–H groups in total. The number of carbonyl (C=O) groups excluding carboxylic acids is 2. The van der Waals surface area contributed by atoms with Gasteiger partial charge in [0.2, 0.25) is 5.91 Å². The fourth-order valence-corrected chi connectivity index (χ4v) is 3.53. The van der Waals surface area contributed by atoms with Crippen LogP contribution in [0.15, 0.2) is 6.20 Å². The number of ether oxygens (including phenoxy) is 1. The van der Waals surface area contributed by atoms with Gasteiger partial charge in [0.1, 0.15) is 12.6 Å². The van der Waals surface area contributed by atoms with Crippen LogP contribution in [0.2, 0.25) is 0 Å². The van der Waals surface area contributed by atoms with Gasteiger partial charge >= 0.3 is 5.97 Å². The Morgan fingerprint density at radius 2 is 1.73 bits per heavy atom. The summed E-state index contributed by atoms with van der Waals surface area (Å²) in [6.07, 6.45) is 3.97. The Labute approximate surface area is 207 Å². The van der Waals surface area contributed by atoms with Gasteiger partial charge in [0.15, 0.2) is 0 Å². The number of esters is 1. The summed E-state index contributed by atoms with van der Waals surface area (Å²) in [5.41, 5.74) is 0.824. The second-order valence-corrected chi connectivity index (χ2v) is 8.45. The fourth-order valence-electron chi connectivity index (χ4n) is 3.53. The summed E-state index contributed by atoms with van der Waals surface area (Å²) in [6, 6.07) is -0.678. The molecule has 0 unspecified atom stereocenters. The molecule has 33 heavy (non-hydrogen) atoms. The van der Waals surface area contributed by atoms with Crippen LogP contribution >= 0.6 is 0 Å². The van der Waals surface area contributed by atoms with Crippen LogP contribution in [-0.2, 0) is 43.9 Å². The Kier molecular flexibility index (Phi) is 15.1. The molecule has 0 bridgehead atoms. The number of hydrogen-bond donors (Lipinski definition) is 4. The van der Waals surface area contributed by atoms with E-state index in [0.29, 0.717) is 6.54 Å². The number of rotatable bonds is 7. The zero-order valence-electron chi connectivity index (χ0n) is 20.0. The SMILES string of the molecule is COC(=O)[C@@H](NC(=O)Cn1cc(CN2CCCNCCNCCCNCC2)nn1)C(C)C.[Ni]. The van der Waals surface area contributed by atoms with Crippen LogP contribution in [0.3, 0.4) is 0 Å². The topological polar surface area (TPSA) is 125 Å². The van der Waals surface area contributed by atoms with Crippen molar-refractivity contribution in [3.05, 3.63) is 11.9 Å². The summed E-state index contributed by atoms with van der Waals surface area (Å²) < 4.78 is 6.28. The van der Waals surface area contributed by atoms with E-state index in [1.54, 1.807) is 6.20 Å². The number of carbonyl (C=O) groups is 2. The second-order valence-electron chi connectivity index (χ2n) is 8.45. The van der Waals surface area contributed by atoms with E-state index in [-0.39, 0.29) is 34.9 Å². The maximum absolute atomic E-state index is 12.4. The van der Waals surface area contributed by atoms with Crippen molar-refractivity contribution in [2.45, 2.75) is 45.8 Å². The minimum absolute atomic E-state index is 0. The predicted octanol–water partition coefficient (Wildman–Crippen LogP) is -1.05. The number of amides is 1. The molecule has 1 amide bonds. The van der Waals surface area contributed by atoms with Crippen molar-refractivity contribution in [1.29, 1.82) is 0 Å². The molecule has 1 aromatic rings. The molecular weight excluding hydrogens is 471 g/mol. The molecule has 1 atom stereocenters. The fraction of sp³-hybridized carbons (Fsp3) is 0.810. The minimum Gasteiger partial charge on any atom is -0.467 e. The van der Waals surface area contributed by atoms with E-state index in [4.69, 9.17) is 4.74 Å². The largest absolute Gasteiger partial charge is 0.467 e. The summed E-state index contributed by atoms with van der Waals surface area (Å²) >= 11 is 0. The molecule has 1 aliphatic heterocycles. The molecule has 2 heterocycles. The van der Waals surface area contributed by atoms with Gasteiger partial charge in [0.05, 0.1) is 19.0 Å². The van der Waals surface area contributed by atoms with E-state index in [0.717, 1.165) is 70.9 Å². The van der Waals surface area contributed by atoms with E-state index in [9.17, 15) is 9.59 Å². The summed E-state index contributed by atoms with van der Waals surface area (Å²) in [5, 5.41) is 21.5. The van der Waals surface area contributed by atoms with Gasteiger partial charge in [0, 0.05) is 49.2 Å². The monoisotopic (exact) mass is 510 g/mol. The number of nitrogens with zero attached hydrogens (tertiary/aromatic N) is 4. The minimum atomic E-state index is -0.678. The third-order valence-corrected chi connectivity index (χ3v) is 5.33. The first-order valence-corrected chi connectivity index (χ1v) is 11.6. The molecule has 192 valence electrons. The van der Waals surface area contributed by atoms with Gasteiger partial charge in [0.25, 0.3) is 0 Å². The summed E-state index contributed by atoms with van der Waals surface area (Å²) in [5.74, 6) is -0.818. The first-order valence-electron chi connectivity index (χ1n) is 11.6. The molecule has 11 nitrogen and oxygen atoms in total. The molecule has 0 aromatic carbocycles. The van der Waals surface area contributed by atoms with Crippen LogP contribution < -0.4 is 21.3 Å². The first kappa shape index (κ1) is 29.4. The molecule has 12 heteroatoms. The number of methoxy groups -OCH3 is 1. The predicted molar refractivity (Wildman–Crippen MR) is 122 cm³/mol. The van der Waals surface area contributed by atoms with Gasteiger partial charge in [-0.05, 0) is 44.9 Å². The maximum atomic E-state index is 12.4. The molecule has 0 aliphatic carbocycles. The van der Waals surface area contributed by atoms with Crippen molar-refractivity contribution in [3.8, 4) is 0 Å². The zero-order chi connectivity index (χ0) is 23.2. The van der Waals surface area contributed by atoms with Crippen molar-refractivity contribution < 1.29 is 30.8 Å². The molecule has 1 aromatic heterocycles. The molecule has 2 rings (SSSR count). The Bertz CT molecular complexity index is 674. The molecule has 0 saturated carbocycles. The molecule has 1 fully saturated rings. The summed E-state index contributed by atoms with van der Waals surface area (Å²) in [4.78, 5) is 26.6. The number of nitrogens with one attached hydrogen (secondary N) is 4. The molecule has 1 aliphatic rings. The van der Waals surface area contributed by atoms with Crippen molar-refractivity contribution >= 4 is 11.9 Å². The average molecular weight is 511 g/mol. The van der Waals surface area contributed by atoms with Crippen LogP contribution in [0.4, 0.5) is 0 Å². The molecular formula is C21H40N8NiO3. The zero-order valence-corrected chi connectivity index (χ0v) is 21.0. The summed E-state index contributed by atoms with van der Waals surface area (Å²) in [7, 11) is 1.32. The number of hydrogen-bond acceptors (Lipinski definition) is 9. The Hall–Kier alpha value is -1.59. The van der Waals surface area contributed by atoms with Gasteiger partial charge in [-0.1, -0.05) is 19.1 Å². The Balaban J connectivity index is 0.00000544. The second kappa shape index (κ2) is 16.9. The molecule has 0 spiro atoms. The third-order valence-electron chi connectivity index (χ3n) is 5.33. The van der Waals surface area contributed by atoms with Crippen molar-refractivity contribution in [2.75, 3.05) is 59.5 Å². The van der Waals surface area contributed by atoms with Crippen LogP contribution in [-0.4, -0.2) is 97.3 Å². The number of aromatic nitrogens is 3. The normalized spacial score (nSPS) is 18.1. The van der Waals surface area contributed by atoms with Crippen LogP contribution in [0.1, 0.15) is 32.4 Å². The van der Waals surface area contributed by atoms with Gasteiger partial charge in [-0.25, -0.2) is 9.48 Å². The van der Waals surface area contributed by atoms with Gasteiger partial charge in [-0.3, -0.25) is 9.69 Å². The molecule has 0 radical (unpaired) electrons. The maximum Gasteiger partial charge on any atom is 0.328 e. The van der Waals surface area contributed by atoms with Gasteiger partial charge < -0.3 is 26.0 Å². The van der Waals surface area contributed by atoms with E-state index >= 15 is 0 Å². The Morgan fingerprint density at radius 3 is 2.39 bits per heavy atom. The smallest absolute Gasteiger partial charge is 0.328 e. The third kappa shape index (κ3) is 11.9. The standard InChI is InChI=1S/C21H40N8O3.Ni/c1-17(2)20(21(31)32-3)25-19(30)16-29-15-18(26-27-29)14-28-12-5-8-23-10-9-22-6-4-7-24-11-13-28;/h15,17,20,22-24H,4-14,16H2,1-3H3,(H,25,30);/t20-;/m0./s1. The van der Waals surface area contributed by atoms with Crippen LogP contribution in [0.5, 0.6) is 0 Å². The summed E-state index contributed by atoms with van der Waals surface area (Å²) in [6.45, 7) is 12.2. The van der Waals surface area contributed by atoms with Crippen molar-refractivity contribution in [3.63, 3.8) is 0 Å². The van der Waals surface area contributed by atoms with E-state index in [1.165, 1.54) is 11.8 Å². The van der Waals surface area contributed by atoms with E-state index in [1.807, 2.05) is 13.8 Å². The Morgan fingerprint density at radius 1 is 1.06 bits per heavy atom. The van der Waals surface area contributed by atoms with E-state index in [2.05, 4.69) is 36.5 Å². The van der Waals surface area contributed by atoms with Gasteiger partial charge in [-0.2, -0.15) is 0 Å². The van der Waals surface area contributed by atoms with Crippen molar-refractivity contribution in [2.24, 2.45) is 5.92 Å². The van der Waals surface area contributed by atoms with Crippen molar-refractivity contribution in [1.82, 2.24) is 41.2 Å². The van der Waals surface area contributed by atoms with E-state index < -0.39 is 12.0 Å².